The molecule has 0 aliphatic heterocycles. The monoisotopic (exact) mass is 261 g/mol. The van der Waals surface area contributed by atoms with Crippen LogP contribution in [-0.2, 0) is 0 Å². The van der Waals surface area contributed by atoms with E-state index in [1.165, 1.54) is 18.3 Å². The van der Waals surface area contributed by atoms with Crippen LogP contribution in [0.5, 0.6) is 0 Å². The molecule has 2 aromatic carbocycles. The number of para-hydroxylation sites is 1. The highest BCUT2D eigenvalue weighted by molar-refractivity contribution is 5.95. The Labute approximate surface area is 107 Å². The molecule has 0 aliphatic rings. The number of nitrogens with zero attached hydrogens (tertiary/aromatic N) is 1. The molecule has 0 radical (unpaired) electrons. The van der Waals surface area contributed by atoms with Crippen molar-refractivity contribution in [3.05, 3.63) is 65.2 Å². The van der Waals surface area contributed by atoms with Gasteiger partial charge in [0.05, 0.1) is 11.3 Å². The van der Waals surface area contributed by atoms with Gasteiger partial charge in [-0.3, -0.25) is 4.99 Å². The summed E-state index contributed by atoms with van der Waals surface area (Å²) in [6, 6.07) is 9.08. The Morgan fingerprint density at radius 2 is 1.74 bits per heavy atom. The maximum atomic E-state index is 13.0. The van der Waals surface area contributed by atoms with Gasteiger partial charge in [-0.25, -0.2) is 13.6 Å². The number of aromatic carboxylic acids is 1. The van der Waals surface area contributed by atoms with Crippen LogP contribution in [0.4, 0.5) is 14.5 Å². The summed E-state index contributed by atoms with van der Waals surface area (Å²) >= 11 is 0. The lowest BCUT2D eigenvalue weighted by Crippen LogP contribution is -1.96. The van der Waals surface area contributed by atoms with Crippen LogP contribution in [0.25, 0.3) is 0 Å². The zero-order valence-electron chi connectivity index (χ0n) is 9.68. The number of aliphatic imine (C=N–C) groups is 1. The number of carbonyl (C=O) groups is 1. The van der Waals surface area contributed by atoms with Crippen LogP contribution in [-0.4, -0.2) is 17.3 Å². The summed E-state index contributed by atoms with van der Waals surface area (Å²) in [5, 5.41) is 8.96. The molecule has 2 rings (SSSR count). The van der Waals surface area contributed by atoms with Crippen molar-refractivity contribution >= 4 is 17.9 Å². The third kappa shape index (κ3) is 3.22. The third-order valence-corrected chi connectivity index (χ3v) is 2.37. The van der Waals surface area contributed by atoms with Crippen molar-refractivity contribution in [2.24, 2.45) is 4.99 Å². The van der Waals surface area contributed by atoms with Crippen LogP contribution in [0.1, 0.15) is 15.9 Å². The van der Waals surface area contributed by atoms with Gasteiger partial charge in [0.2, 0.25) is 0 Å². The number of halogens is 2. The molecule has 0 aromatic heterocycles. The average molecular weight is 261 g/mol. The minimum Gasteiger partial charge on any atom is -0.478 e. The topological polar surface area (TPSA) is 49.7 Å². The highest BCUT2D eigenvalue weighted by atomic mass is 19.1. The van der Waals surface area contributed by atoms with Gasteiger partial charge in [-0.2, -0.15) is 0 Å². The van der Waals surface area contributed by atoms with Gasteiger partial charge in [0.15, 0.2) is 0 Å². The summed E-state index contributed by atoms with van der Waals surface area (Å²) in [6.45, 7) is 0. The number of benzene rings is 2. The summed E-state index contributed by atoms with van der Waals surface area (Å²) in [5.41, 5.74) is 0.466. The molecule has 0 saturated heterocycles. The second kappa shape index (κ2) is 5.39. The van der Waals surface area contributed by atoms with Crippen LogP contribution < -0.4 is 0 Å². The first kappa shape index (κ1) is 12.9. The molecule has 3 nitrogen and oxygen atoms in total. The van der Waals surface area contributed by atoms with E-state index in [0.29, 0.717) is 0 Å². The Bertz CT molecular complexity index is 633. The van der Waals surface area contributed by atoms with E-state index in [1.807, 2.05) is 0 Å². The van der Waals surface area contributed by atoms with E-state index in [0.717, 1.165) is 18.2 Å². The molecule has 0 aliphatic carbocycles. The lowest BCUT2D eigenvalue weighted by molar-refractivity contribution is 0.0698. The van der Waals surface area contributed by atoms with E-state index >= 15 is 0 Å². The lowest BCUT2D eigenvalue weighted by Gasteiger charge is -2.00. The van der Waals surface area contributed by atoms with E-state index in [1.54, 1.807) is 12.1 Å². The molecule has 2 aromatic rings. The predicted molar refractivity (Wildman–Crippen MR) is 67.0 cm³/mol. The van der Waals surface area contributed by atoms with E-state index in [2.05, 4.69) is 4.99 Å². The third-order valence-electron chi connectivity index (χ3n) is 2.37. The zero-order valence-corrected chi connectivity index (χ0v) is 9.68. The molecule has 0 unspecified atom stereocenters. The Morgan fingerprint density at radius 3 is 2.37 bits per heavy atom. The SMILES string of the molecule is O=C(O)c1ccccc1N=Cc1cc(F)cc(F)c1. The highest BCUT2D eigenvalue weighted by Crippen LogP contribution is 2.18. The van der Waals surface area contributed by atoms with Gasteiger partial charge >= 0.3 is 5.97 Å². The summed E-state index contributed by atoms with van der Waals surface area (Å²) in [7, 11) is 0. The van der Waals surface area contributed by atoms with Crippen molar-refractivity contribution in [1.82, 2.24) is 0 Å². The largest absolute Gasteiger partial charge is 0.478 e. The minimum atomic E-state index is -1.11. The van der Waals surface area contributed by atoms with Gasteiger partial charge in [0.1, 0.15) is 11.6 Å². The highest BCUT2D eigenvalue weighted by Gasteiger charge is 2.07. The van der Waals surface area contributed by atoms with Gasteiger partial charge < -0.3 is 5.11 Å². The molecule has 0 bridgehead atoms. The maximum Gasteiger partial charge on any atom is 0.337 e. The van der Waals surface area contributed by atoms with Crippen molar-refractivity contribution in [2.75, 3.05) is 0 Å². The molecule has 0 spiro atoms. The van der Waals surface area contributed by atoms with Crippen LogP contribution in [0.3, 0.4) is 0 Å². The molecule has 96 valence electrons. The van der Waals surface area contributed by atoms with Crippen LogP contribution in [0.15, 0.2) is 47.5 Å². The molecule has 19 heavy (non-hydrogen) atoms. The molecule has 1 N–H and O–H groups in total. The number of carboxylic acid groups (broad SMARTS) is 1. The Kier molecular flexibility index (Phi) is 3.66. The van der Waals surface area contributed by atoms with E-state index in [-0.39, 0.29) is 16.8 Å². The number of hydrogen-bond acceptors (Lipinski definition) is 2. The van der Waals surface area contributed by atoms with Gasteiger partial charge in [0, 0.05) is 12.3 Å². The second-order valence-corrected chi connectivity index (χ2v) is 3.78. The van der Waals surface area contributed by atoms with Gasteiger partial charge in [-0.05, 0) is 29.8 Å². The molecule has 0 heterocycles. The van der Waals surface area contributed by atoms with Gasteiger partial charge in [-0.1, -0.05) is 12.1 Å². The standard InChI is InChI=1S/C14H9F2NO2/c15-10-5-9(6-11(16)7-10)8-17-13-4-2-1-3-12(13)14(18)19/h1-8H,(H,18,19). The first-order chi connectivity index (χ1) is 9.06. The molecule has 0 saturated carbocycles. The van der Waals surface area contributed by atoms with Crippen LogP contribution in [0, 0.1) is 11.6 Å². The first-order valence-corrected chi connectivity index (χ1v) is 5.39. The summed E-state index contributed by atoms with van der Waals surface area (Å²) in [5.74, 6) is -2.54. The van der Waals surface area contributed by atoms with Gasteiger partial charge in [0.25, 0.3) is 0 Å². The average Bonchev–Trinajstić information content (AvgIpc) is 2.35. The maximum absolute atomic E-state index is 13.0. The van der Waals surface area contributed by atoms with Crippen molar-refractivity contribution in [3.63, 3.8) is 0 Å². The molecule has 0 amide bonds. The minimum absolute atomic E-state index is 0.0237. The number of hydrogen-bond donors (Lipinski definition) is 1. The van der Waals surface area contributed by atoms with E-state index in [4.69, 9.17) is 5.11 Å². The quantitative estimate of drug-likeness (QED) is 0.861. The molecule has 0 fully saturated rings. The Hall–Kier alpha value is -2.56. The smallest absolute Gasteiger partial charge is 0.337 e. The fraction of sp³-hybridized carbons (Fsp3) is 0. The summed E-state index contributed by atoms with van der Waals surface area (Å²) < 4.78 is 25.9. The second-order valence-electron chi connectivity index (χ2n) is 3.78. The lowest BCUT2D eigenvalue weighted by atomic mass is 10.2. The van der Waals surface area contributed by atoms with Crippen LogP contribution >= 0.6 is 0 Å². The fourth-order valence-corrected chi connectivity index (χ4v) is 1.56. The van der Waals surface area contributed by atoms with Crippen molar-refractivity contribution in [1.29, 1.82) is 0 Å². The Morgan fingerprint density at radius 1 is 1.11 bits per heavy atom. The van der Waals surface area contributed by atoms with Crippen molar-refractivity contribution < 1.29 is 18.7 Å². The van der Waals surface area contributed by atoms with E-state index in [9.17, 15) is 13.6 Å². The fourth-order valence-electron chi connectivity index (χ4n) is 1.56. The summed E-state index contributed by atoms with van der Waals surface area (Å²) in [4.78, 5) is 14.9. The first-order valence-electron chi connectivity index (χ1n) is 5.39. The zero-order chi connectivity index (χ0) is 13.8. The number of rotatable bonds is 3. The van der Waals surface area contributed by atoms with Gasteiger partial charge in [-0.15, -0.1) is 0 Å². The number of carboxylic acids is 1. The molecular formula is C14H9F2NO2. The molecule has 0 atom stereocenters. The molecule has 5 heteroatoms. The van der Waals surface area contributed by atoms with Crippen LogP contribution in [0.2, 0.25) is 0 Å². The van der Waals surface area contributed by atoms with E-state index < -0.39 is 17.6 Å². The van der Waals surface area contributed by atoms with Crippen molar-refractivity contribution in [3.8, 4) is 0 Å². The molecular weight excluding hydrogens is 252 g/mol. The normalized spacial score (nSPS) is 10.8. The summed E-state index contributed by atoms with van der Waals surface area (Å²) in [6.07, 6.45) is 1.22. The Balaban J connectivity index is 2.35. The van der Waals surface area contributed by atoms with Crippen molar-refractivity contribution in [2.45, 2.75) is 0 Å². The predicted octanol–water partition coefficient (Wildman–Crippen LogP) is 3.41.